The highest BCUT2D eigenvalue weighted by molar-refractivity contribution is 6.43. The Labute approximate surface area is 125 Å². The number of benzene rings is 2. The van der Waals surface area contributed by atoms with Gasteiger partial charge in [-0.2, -0.15) is 0 Å². The Hall–Kier alpha value is -2.04. The molecular formula is C14H10Cl2N4. The average molecular weight is 305 g/mol. The van der Waals surface area contributed by atoms with Gasteiger partial charge in [-0.05, 0) is 30.3 Å². The van der Waals surface area contributed by atoms with Gasteiger partial charge in [0.25, 0.3) is 0 Å². The van der Waals surface area contributed by atoms with E-state index in [2.05, 4.69) is 15.3 Å². The number of nitrogens with zero attached hydrogens (tertiary/aromatic N) is 2. The van der Waals surface area contributed by atoms with E-state index in [1.54, 1.807) is 18.2 Å². The lowest BCUT2D eigenvalue weighted by molar-refractivity contribution is 1.22. The number of hydrogen-bond acceptors (Lipinski definition) is 4. The third-order valence-corrected chi connectivity index (χ3v) is 3.68. The van der Waals surface area contributed by atoms with E-state index in [1.807, 2.05) is 18.2 Å². The maximum Gasteiger partial charge on any atom is 0.141 e. The lowest BCUT2D eigenvalue weighted by Crippen LogP contribution is -1.97. The fourth-order valence-electron chi connectivity index (χ4n) is 1.90. The van der Waals surface area contributed by atoms with Crippen LogP contribution in [0.15, 0.2) is 42.7 Å². The number of halogens is 2. The van der Waals surface area contributed by atoms with Crippen molar-refractivity contribution in [2.75, 3.05) is 11.1 Å². The molecule has 0 bridgehead atoms. The fraction of sp³-hybridized carbons (Fsp3) is 0. The second-order valence-corrected chi connectivity index (χ2v) is 5.01. The van der Waals surface area contributed by atoms with E-state index in [-0.39, 0.29) is 0 Å². The number of nitrogen functional groups attached to an aromatic ring is 1. The maximum absolute atomic E-state index is 6.16. The van der Waals surface area contributed by atoms with Crippen LogP contribution in [0.25, 0.3) is 10.9 Å². The minimum atomic E-state index is 0.455. The number of aromatic nitrogens is 2. The zero-order valence-corrected chi connectivity index (χ0v) is 11.8. The van der Waals surface area contributed by atoms with Crippen LogP contribution in [0, 0.1) is 0 Å². The summed E-state index contributed by atoms with van der Waals surface area (Å²) < 4.78 is 0. The molecule has 3 N–H and O–H groups in total. The number of nitrogens with two attached hydrogens (primary N) is 1. The molecule has 4 nitrogen and oxygen atoms in total. The molecule has 0 fully saturated rings. The Morgan fingerprint density at radius 2 is 1.90 bits per heavy atom. The smallest absolute Gasteiger partial charge is 0.141 e. The van der Waals surface area contributed by atoms with E-state index >= 15 is 0 Å². The second-order valence-electron chi connectivity index (χ2n) is 4.23. The van der Waals surface area contributed by atoms with E-state index in [9.17, 15) is 0 Å². The van der Waals surface area contributed by atoms with Crippen molar-refractivity contribution in [2.45, 2.75) is 0 Å². The van der Waals surface area contributed by atoms with Gasteiger partial charge in [-0.3, -0.25) is 0 Å². The van der Waals surface area contributed by atoms with Crippen molar-refractivity contribution in [3.63, 3.8) is 0 Å². The molecule has 0 amide bonds. The molecule has 0 aliphatic heterocycles. The highest BCUT2D eigenvalue weighted by atomic mass is 35.5. The van der Waals surface area contributed by atoms with E-state index in [1.165, 1.54) is 6.33 Å². The third-order valence-electron chi connectivity index (χ3n) is 2.87. The zero-order valence-electron chi connectivity index (χ0n) is 10.3. The normalized spacial score (nSPS) is 10.7. The van der Waals surface area contributed by atoms with E-state index in [0.29, 0.717) is 27.2 Å². The van der Waals surface area contributed by atoms with Gasteiger partial charge >= 0.3 is 0 Å². The van der Waals surface area contributed by atoms with Crippen molar-refractivity contribution >= 4 is 51.3 Å². The third kappa shape index (κ3) is 2.35. The first-order valence-corrected chi connectivity index (χ1v) is 6.62. The largest absolute Gasteiger partial charge is 0.399 e. The fourth-order valence-corrected chi connectivity index (χ4v) is 2.25. The summed E-state index contributed by atoms with van der Waals surface area (Å²) in [5.74, 6) is 0.652. The highest BCUT2D eigenvalue weighted by Gasteiger charge is 2.08. The minimum Gasteiger partial charge on any atom is -0.399 e. The summed E-state index contributed by atoms with van der Waals surface area (Å²) in [6.07, 6.45) is 1.47. The first-order valence-electron chi connectivity index (χ1n) is 5.86. The molecule has 3 aromatic rings. The molecule has 6 heteroatoms. The Bertz CT molecular complexity index is 789. The van der Waals surface area contributed by atoms with Gasteiger partial charge in [0.05, 0.1) is 21.2 Å². The quantitative estimate of drug-likeness (QED) is 0.694. The van der Waals surface area contributed by atoms with Crippen molar-refractivity contribution in [3.05, 3.63) is 52.8 Å². The predicted molar refractivity (Wildman–Crippen MR) is 83.7 cm³/mol. The van der Waals surface area contributed by atoms with Crippen molar-refractivity contribution in [1.82, 2.24) is 9.97 Å². The van der Waals surface area contributed by atoms with E-state index < -0.39 is 0 Å². The lowest BCUT2D eigenvalue weighted by atomic mass is 10.2. The topological polar surface area (TPSA) is 63.8 Å². The summed E-state index contributed by atoms with van der Waals surface area (Å²) >= 11 is 12.2. The van der Waals surface area contributed by atoms with Crippen molar-refractivity contribution in [2.24, 2.45) is 0 Å². The summed E-state index contributed by atoms with van der Waals surface area (Å²) in [6, 6.07) is 10.8. The summed E-state index contributed by atoms with van der Waals surface area (Å²) in [5, 5.41) is 4.97. The predicted octanol–water partition coefficient (Wildman–Crippen LogP) is 4.26. The molecule has 0 aliphatic carbocycles. The summed E-state index contributed by atoms with van der Waals surface area (Å²) in [5.41, 5.74) is 7.86. The van der Waals surface area contributed by atoms with Gasteiger partial charge in [-0.25, -0.2) is 9.97 Å². The highest BCUT2D eigenvalue weighted by Crippen LogP contribution is 2.32. The van der Waals surface area contributed by atoms with Gasteiger partial charge in [-0.1, -0.05) is 29.3 Å². The van der Waals surface area contributed by atoms with Crippen LogP contribution in [-0.4, -0.2) is 9.97 Å². The lowest BCUT2D eigenvalue weighted by Gasteiger charge is -2.10. The van der Waals surface area contributed by atoms with E-state index in [0.717, 1.165) is 10.9 Å². The van der Waals surface area contributed by atoms with Gasteiger partial charge in [0, 0.05) is 11.1 Å². The number of nitrogens with one attached hydrogen (secondary N) is 1. The molecule has 1 heterocycles. The molecule has 0 atom stereocenters. The van der Waals surface area contributed by atoms with Crippen LogP contribution >= 0.6 is 23.2 Å². The molecule has 100 valence electrons. The Morgan fingerprint density at radius 3 is 2.75 bits per heavy atom. The van der Waals surface area contributed by atoms with Crippen LogP contribution in [-0.2, 0) is 0 Å². The van der Waals surface area contributed by atoms with Crippen molar-refractivity contribution < 1.29 is 0 Å². The molecule has 0 radical (unpaired) electrons. The molecule has 0 saturated heterocycles. The molecular weight excluding hydrogens is 295 g/mol. The summed E-state index contributed by atoms with van der Waals surface area (Å²) in [7, 11) is 0. The molecule has 0 spiro atoms. The van der Waals surface area contributed by atoms with Crippen molar-refractivity contribution in [1.29, 1.82) is 0 Å². The van der Waals surface area contributed by atoms with Gasteiger partial charge in [0.2, 0.25) is 0 Å². The average Bonchev–Trinajstić information content (AvgIpc) is 2.44. The van der Waals surface area contributed by atoms with Crippen LogP contribution in [0.4, 0.5) is 17.2 Å². The maximum atomic E-state index is 6.16. The first-order chi connectivity index (χ1) is 9.65. The molecule has 3 rings (SSSR count). The number of rotatable bonds is 2. The first kappa shape index (κ1) is 13.0. The zero-order chi connectivity index (χ0) is 14.1. The molecule has 0 aliphatic rings. The Balaban J connectivity index is 2.09. The summed E-state index contributed by atoms with van der Waals surface area (Å²) in [6.45, 7) is 0. The van der Waals surface area contributed by atoms with Crippen LogP contribution in [0.5, 0.6) is 0 Å². The molecule has 2 aromatic carbocycles. The van der Waals surface area contributed by atoms with Crippen LogP contribution in [0.2, 0.25) is 10.0 Å². The second kappa shape index (κ2) is 5.15. The molecule has 0 saturated carbocycles. The SMILES string of the molecule is Nc1ccc2c(Nc3cccc(Cl)c3Cl)ncnc2c1. The van der Waals surface area contributed by atoms with Crippen LogP contribution in [0.3, 0.4) is 0 Å². The Morgan fingerprint density at radius 1 is 1.05 bits per heavy atom. The molecule has 1 aromatic heterocycles. The van der Waals surface area contributed by atoms with E-state index in [4.69, 9.17) is 28.9 Å². The van der Waals surface area contributed by atoms with Gasteiger partial charge in [0.1, 0.15) is 12.1 Å². The number of anilines is 3. The van der Waals surface area contributed by atoms with Gasteiger partial charge in [0.15, 0.2) is 0 Å². The monoisotopic (exact) mass is 304 g/mol. The number of fused-ring (bicyclic) bond motifs is 1. The standard InChI is InChI=1S/C14H10Cl2N4/c15-10-2-1-3-11(13(10)16)20-14-9-5-4-8(17)6-12(9)18-7-19-14/h1-7H,17H2,(H,18,19,20). The Kier molecular flexibility index (Phi) is 3.34. The van der Waals surface area contributed by atoms with Crippen LogP contribution in [0.1, 0.15) is 0 Å². The van der Waals surface area contributed by atoms with Gasteiger partial charge in [-0.15, -0.1) is 0 Å². The van der Waals surface area contributed by atoms with Gasteiger partial charge < -0.3 is 11.1 Å². The molecule has 0 unspecified atom stereocenters. The van der Waals surface area contributed by atoms with Crippen LogP contribution < -0.4 is 11.1 Å². The minimum absolute atomic E-state index is 0.455. The summed E-state index contributed by atoms with van der Waals surface area (Å²) in [4.78, 5) is 8.43. The molecule has 20 heavy (non-hydrogen) atoms. The number of hydrogen-bond donors (Lipinski definition) is 2. The van der Waals surface area contributed by atoms with Crippen molar-refractivity contribution in [3.8, 4) is 0 Å².